The summed E-state index contributed by atoms with van der Waals surface area (Å²) in [4.78, 5) is 0. The van der Waals surface area contributed by atoms with Crippen molar-refractivity contribution in [3.63, 3.8) is 0 Å². The molecule has 0 saturated carbocycles. The van der Waals surface area contributed by atoms with Crippen LogP contribution in [0.4, 0.5) is 5.69 Å². The normalized spacial score (nSPS) is 13.5. The molecule has 0 unspecified atom stereocenters. The first-order chi connectivity index (χ1) is 14.4. The second kappa shape index (κ2) is 6.63. The van der Waals surface area contributed by atoms with Crippen molar-refractivity contribution in [1.29, 1.82) is 0 Å². The van der Waals surface area contributed by atoms with Crippen LogP contribution in [0, 0.1) is 0 Å². The SMILES string of the molecule is c1cc2c(c(Cc3ccc4ccc5c6ccccc6ccc5c4c3)c1)NCCC2. The molecule has 0 amide bonds. The Hall–Kier alpha value is -3.32. The summed E-state index contributed by atoms with van der Waals surface area (Å²) >= 11 is 0. The lowest BCUT2D eigenvalue weighted by Crippen LogP contribution is -2.13. The van der Waals surface area contributed by atoms with Gasteiger partial charge in [-0.2, -0.15) is 0 Å². The lowest BCUT2D eigenvalue weighted by atomic mass is 9.93. The molecule has 1 N–H and O–H groups in total. The molecule has 0 bridgehead atoms. The van der Waals surface area contributed by atoms with Gasteiger partial charge < -0.3 is 5.32 Å². The predicted molar refractivity (Wildman–Crippen MR) is 125 cm³/mol. The summed E-state index contributed by atoms with van der Waals surface area (Å²) in [6, 6.07) is 31.5. The average molecular weight is 373 g/mol. The largest absolute Gasteiger partial charge is 0.385 e. The molecule has 140 valence electrons. The molecule has 1 nitrogen and oxygen atoms in total. The molecule has 0 fully saturated rings. The van der Waals surface area contributed by atoms with Gasteiger partial charge in [0, 0.05) is 12.2 Å². The van der Waals surface area contributed by atoms with Crippen molar-refractivity contribution in [3.05, 3.63) is 102 Å². The van der Waals surface area contributed by atoms with Gasteiger partial charge >= 0.3 is 0 Å². The van der Waals surface area contributed by atoms with Crippen molar-refractivity contribution in [1.82, 2.24) is 0 Å². The zero-order valence-corrected chi connectivity index (χ0v) is 16.4. The molecule has 0 saturated heterocycles. The molecule has 1 aliphatic rings. The van der Waals surface area contributed by atoms with Crippen molar-refractivity contribution in [2.24, 2.45) is 0 Å². The van der Waals surface area contributed by atoms with Crippen LogP contribution in [0.5, 0.6) is 0 Å². The second-order valence-electron chi connectivity index (χ2n) is 8.16. The van der Waals surface area contributed by atoms with Gasteiger partial charge in [0.15, 0.2) is 0 Å². The Bertz CT molecular complexity index is 1380. The molecule has 0 spiro atoms. The van der Waals surface area contributed by atoms with Gasteiger partial charge in [-0.15, -0.1) is 0 Å². The third-order valence-corrected chi connectivity index (χ3v) is 6.36. The fourth-order valence-electron chi connectivity index (χ4n) is 4.92. The summed E-state index contributed by atoms with van der Waals surface area (Å²) in [5.74, 6) is 0. The van der Waals surface area contributed by atoms with Crippen molar-refractivity contribution in [3.8, 4) is 0 Å². The van der Waals surface area contributed by atoms with Crippen LogP contribution in [0.2, 0.25) is 0 Å². The molecule has 0 radical (unpaired) electrons. The molecule has 0 aliphatic carbocycles. The van der Waals surface area contributed by atoms with Gasteiger partial charge in [-0.25, -0.2) is 0 Å². The smallest absolute Gasteiger partial charge is 0.0408 e. The zero-order chi connectivity index (χ0) is 19.2. The Balaban J connectivity index is 1.50. The van der Waals surface area contributed by atoms with Crippen molar-refractivity contribution < 1.29 is 0 Å². The average Bonchev–Trinajstić information content (AvgIpc) is 2.79. The summed E-state index contributed by atoms with van der Waals surface area (Å²) in [6.07, 6.45) is 3.38. The number of aryl methyl sites for hydroxylation is 1. The van der Waals surface area contributed by atoms with Crippen LogP contribution in [0.1, 0.15) is 23.1 Å². The molecule has 5 aromatic rings. The number of rotatable bonds is 2. The van der Waals surface area contributed by atoms with Gasteiger partial charge in [-0.05, 0) is 68.3 Å². The van der Waals surface area contributed by atoms with Crippen molar-refractivity contribution in [2.45, 2.75) is 19.3 Å². The maximum absolute atomic E-state index is 3.64. The van der Waals surface area contributed by atoms with Gasteiger partial charge in [0.1, 0.15) is 0 Å². The zero-order valence-electron chi connectivity index (χ0n) is 16.4. The Morgan fingerprint density at radius 2 is 1.45 bits per heavy atom. The maximum Gasteiger partial charge on any atom is 0.0408 e. The van der Waals surface area contributed by atoms with Gasteiger partial charge in [-0.3, -0.25) is 0 Å². The molecule has 0 atom stereocenters. The molecule has 1 heteroatoms. The second-order valence-corrected chi connectivity index (χ2v) is 8.16. The third-order valence-electron chi connectivity index (χ3n) is 6.36. The Labute approximate surface area is 171 Å². The fourth-order valence-corrected chi connectivity index (χ4v) is 4.92. The van der Waals surface area contributed by atoms with E-state index in [1.165, 1.54) is 67.5 Å². The third kappa shape index (κ3) is 2.77. The van der Waals surface area contributed by atoms with E-state index >= 15 is 0 Å². The van der Waals surface area contributed by atoms with E-state index in [1.807, 2.05) is 0 Å². The minimum Gasteiger partial charge on any atom is -0.385 e. The quantitative estimate of drug-likeness (QED) is 0.326. The molecule has 1 heterocycles. The van der Waals surface area contributed by atoms with Crippen LogP contribution < -0.4 is 5.32 Å². The van der Waals surface area contributed by atoms with Gasteiger partial charge in [0.25, 0.3) is 0 Å². The predicted octanol–water partition coefficient (Wildman–Crippen LogP) is 7.10. The van der Waals surface area contributed by atoms with E-state index in [0.717, 1.165) is 13.0 Å². The number of nitrogens with one attached hydrogen (secondary N) is 1. The van der Waals surface area contributed by atoms with Gasteiger partial charge in [-0.1, -0.05) is 84.9 Å². The summed E-state index contributed by atoms with van der Waals surface area (Å²) in [6.45, 7) is 1.08. The summed E-state index contributed by atoms with van der Waals surface area (Å²) < 4.78 is 0. The Morgan fingerprint density at radius 3 is 2.38 bits per heavy atom. The van der Waals surface area contributed by atoms with E-state index in [4.69, 9.17) is 0 Å². The monoisotopic (exact) mass is 373 g/mol. The first kappa shape index (κ1) is 16.6. The van der Waals surface area contributed by atoms with E-state index in [2.05, 4.69) is 90.2 Å². The highest BCUT2D eigenvalue weighted by molar-refractivity contribution is 6.17. The van der Waals surface area contributed by atoms with Gasteiger partial charge in [0.2, 0.25) is 0 Å². The molecule has 5 aromatic carbocycles. The Morgan fingerprint density at radius 1 is 0.655 bits per heavy atom. The lowest BCUT2D eigenvalue weighted by Gasteiger charge is -2.21. The van der Waals surface area contributed by atoms with E-state index < -0.39 is 0 Å². The highest BCUT2D eigenvalue weighted by Crippen LogP contribution is 2.33. The minimum atomic E-state index is 0.968. The van der Waals surface area contributed by atoms with Crippen molar-refractivity contribution >= 4 is 38.0 Å². The van der Waals surface area contributed by atoms with Gasteiger partial charge in [0.05, 0.1) is 0 Å². The van der Waals surface area contributed by atoms with E-state index in [9.17, 15) is 0 Å². The van der Waals surface area contributed by atoms with E-state index in [0.29, 0.717) is 0 Å². The van der Waals surface area contributed by atoms with Crippen LogP contribution in [-0.4, -0.2) is 6.54 Å². The van der Waals surface area contributed by atoms with Crippen LogP contribution in [-0.2, 0) is 12.8 Å². The molecule has 6 rings (SSSR count). The number of hydrogen-bond donors (Lipinski definition) is 1. The summed E-state index contributed by atoms with van der Waals surface area (Å²) in [5, 5.41) is 11.6. The molecule has 1 aliphatic heterocycles. The first-order valence-corrected chi connectivity index (χ1v) is 10.5. The van der Waals surface area contributed by atoms with Crippen LogP contribution >= 0.6 is 0 Å². The highest BCUT2D eigenvalue weighted by atomic mass is 14.9. The minimum absolute atomic E-state index is 0.968. The molecular formula is C28H23N. The number of fused-ring (bicyclic) bond motifs is 6. The van der Waals surface area contributed by atoms with Crippen LogP contribution in [0.3, 0.4) is 0 Å². The van der Waals surface area contributed by atoms with E-state index in [-0.39, 0.29) is 0 Å². The maximum atomic E-state index is 3.64. The fraction of sp³-hybridized carbons (Fsp3) is 0.143. The first-order valence-electron chi connectivity index (χ1n) is 10.5. The summed E-state index contributed by atoms with van der Waals surface area (Å²) in [7, 11) is 0. The number of para-hydroxylation sites is 1. The summed E-state index contributed by atoms with van der Waals surface area (Å²) in [5.41, 5.74) is 5.61. The molecule has 29 heavy (non-hydrogen) atoms. The highest BCUT2D eigenvalue weighted by Gasteiger charge is 2.13. The molecule has 0 aromatic heterocycles. The van der Waals surface area contributed by atoms with Crippen LogP contribution in [0.25, 0.3) is 32.3 Å². The Kier molecular flexibility index (Phi) is 3.80. The lowest BCUT2D eigenvalue weighted by molar-refractivity contribution is 0.825. The number of anilines is 1. The topological polar surface area (TPSA) is 12.0 Å². The van der Waals surface area contributed by atoms with Crippen molar-refractivity contribution in [2.75, 3.05) is 11.9 Å². The number of benzene rings is 5. The molecular weight excluding hydrogens is 350 g/mol. The standard InChI is InChI=1S/C28H23N/c1-2-9-24-20(5-1)12-15-26-25(24)14-13-21-11-10-19(18-27(21)26)17-23-7-3-6-22-8-4-16-29-28(22)23/h1-3,5-7,9-15,18,29H,4,8,16-17H2. The number of hydrogen-bond acceptors (Lipinski definition) is 1. The van der Waals surface area contributed by atoms with E-state index in [1.54, 1.807) is 0 Å². The van der Waals surface area contributed by atoms with Crippen LogP contribution in [0.15, 0.2) is 84.9 Å².